The van der Waals surface area contributed by atoms with Crippen LogP contribution in [-0.4, -0.2) is 54.2 Å². The van der Waals surface area contributed by atoms with Gasteiger partial charge in [0.2, 0.25) is 21.9 Å². The number of nitrogens with zero attached hydrogens (tertiary/aromatic N) is 6. The normalized spacial score (nSPS) is 16.2. The summed E-state index contributed by atoms with van der Waals surface area (Å²) in [6.45, 7) is 1.94. The fourth-order valence-corrected chi connectivity index (χ4v) is 4.29. The van der Waals surface area contributed by atoms with Crippen LogP contribution in [0.25, 0.3) is 0 Å². The van der Waals surface area contributed by atoms with Crippen LogP contribution in [0.15, 0.2) is 47.6 Å². The predicted octanol–water partition coefficient (Wildman–Crippen LogP) is 1.75. The molecule has 3 heterocycles. The molecule has 1 aliphatic heterocycles. The van der Waals surface area contributed by atoms with Crippen molar-refractivity contribution in [3.63, 3.8) is 0 Å². The van der Waals surface area contributed by atoms with Gasteiger partial charge >= 0.3 is 0 Å². The maximum Gasteiger partial charge on any atom is 0.250 e. The summed E-state index contributed by atoms with van der Waals surface area (Å²) in [5.74, 6) is 1.43. The molecule has 0 aliphatic carbocycles. The number of rotatable bonds is 6. The van der Waals surface area contributed by atoms with Crippen LogP contribution in [0.4, 0.5) is 29.0 Å². The Kier molecular flexibility index (Phi) is 5.57. The van der Waals surface area contributed by atoms with Gasteiger partial charge in [-0.05, 0) is 37.7 Å². The Labute approximate surface area is 186 Å². The molecule has 0 spiro atoms. The Bertz CT molecular complexity index is 1260. The van der Waals surface area contributed by atoms with Gasteiger partial charge < -0.3 is 10.2 Å². The molecule has 0 radical (unpaired) electrons. The highest BCUT2D eigenvalue weighted by Gasteiger charge is 2.39. The molecule has 2 N–H and O–H groups in total. The molecule has 32 heavy (non-hydrogen) atoms. The zero-order valence-corrected chi connectivity index (χ0v) is 19.0. The van der Waals surface area contributed by atoms with Crippen LogP contribution in [0, 0.1) is 0 Å². The zero-order valence-electron chi connectivity index (χ0n) is 18.1. The summed E-state index contributed by atoms with van der Waals surface area (Å²) in [6, 6.07) is 7.64. The number of aryl methyl sites for hydroxylation is 1. The van der Waals surface area contributed by atoms with E-state index in [1.807, 2.05) is 31.1 Å². The van der Waals surface area contributed by atoms with Gasteiger partial charge in [-0.25, -0.2) is 18.1 Å². The Morgan fingerprint density at radius 2 is 1.84 bits per heavy atom. The van der Waals surface area contributed by atoms with Crippen LogP contribution < -0.4 is 19.8 Å². The molecule has 11 nitrogen and oxygen atoms in total. The molecular weight excluding hydrogens is 432 g/mol. The van der Waals surface area contributed by atoms with E-state index in [1.54, 1.807) is 35.0 Å². The first-order valence-corrected chi connectivity index (χ1v) is 11.5. The minimum atomic E-state index is -3.52. The largest absolute Gasteiger partial charge is 0.324 e. The second kappa shape index (κ2) is 8.20. The standard InChI is InChI=1S/C20H24N8O3S/c1-5-15-19(29)27(4)16-12-22-20(24-18(16)28(15)17-10-11-26(3)25-17)23-13-6-8-14(9-7-13)32(30,31)21-2/h6-12,15,21H,5H2,1-4H3,(H,22,23,24). The Hall–Kier alpha value is -3.51. The number of anilines is 5. The average Bonchev–Trinajstić information content (AvgIpc) is 3.22. The molecule has 3 aromatic rings. The number of hydrogen-bond acceptors (Lipinski definition) is 8. The highest BCUT2D eigenvalue weighted by Crippen LogP contribution is 2.39. The zero-order chi connectivity index (χ0) is 23.0. The van der Waals surface area contributed by atoms with Crippen LogP contribution in [-0.2, 0) is 21.9 Å². The van der Waals surface area contributed by atoms with Gasteiger partial charge in [-0.3, -0.25) is 14.4 Å². The quantitative estimate of drug-likeness (QED) is 0.575. The van der Waals surface area contributed by atoms with E-state index < -0.39 is 16.1 Å². The van der Waals surface area contributed by atoms with E-state index >= 15 is 0 Å². The van der Waals surface area contributed by atoms with Crippen molar-refractivity contribution in [1.82, 2.24) is 24.5 Å². The third kappa shape index (κ3) is 3.78. The first-order chi connectivity index (χ1) is 15.2. The van der Waals surface area contributed by atoms with Gasteiger partial charge in [0.15, 0.2) is 11.6 Å². The molecule has 0 saturated heterocycles. The number of amides is 1. The fourth-order valence-electron chi connectivity index (χ4n) is 3.56. The summed E-state index contributed by atoms with van der Waals surface area (Å²) in [6.07, 6.45) is 3.98. The number of fused-ring (bicyclic) bond motifs is 1. The molecule has 0 saturated carbocycles. The molecule has 0 bridgehead atoms. The van der Waals surface area contributed by atoms with E-state index in [-0.39, 0.29) is 10.8 Å². The molecule has 168 valence electrons. The lowest BCUT2D eigenvalue weighted by molar-refractivity contribution is -0.119. The number of nitrogens with one attached hydrogen (secondary N) is 2. The fraction of sp³-hybridized carbons (Fsp3) is 0.300. The lowest BCUT2D eigenvalue weighted by atomic mass is 10.1. The van der Waals surface area contributed by atoms with Gasteiger partial charge in [-0.15, -0.1) is 0 Å². The number of carbonyl (C=O) groups is 1. The van der Waals surface area contributed by atoms with Gasteiger partial charge in [0.05, 0.1) is 11.1 Å². The SMILES string of the molecule is CCC1C(=O)N(C)c2cnc(Nc3ccc(S(=O)(=O)NC)cc3)nc2N1c1ccn(C)n1. The second-order valence-electron chi connectivity index (χ2n) is 7.30. The van der Waals surface area contributed by atoms with E-state index in [0.29, 0.717) is 35.4 Å². The minimum absolute atomic E-state index is 0.0590. The second-order valence-corrected chi connectivity index (χ2v) is 9.18. The van der Waals surface area contributed by atoms with E-state index in [2.05, 4.69) is 25.1 Å². The summed E-state index contributed by atoms with van der Waals surface area (Å²) in [7, 11) is 1.36. The molecule has 1 aromatic carbocycles. The molecule has 2 aromatic heterocycles. The van der Waals surface area contributed by atoms with E-state index in [9.17, 15) is 13.2 Å². The Morgan fingerprint density at radius 1 is 1.12 bits per heavy atom. The van der Waals surface area contributed by atoms with Crippen molar-refractivity contribution < 1.29 is 13.2 Å². The van der Waals surface area contributed by atoms with Gasteiger partial charge in [0.25, 0.3) is 0 Å². The molecule has 4 rings (SSSR count). The summed E-state index contributed by atoms with van der Waals surface area (Å²) < 4.78 is 27.8. The summed E-state index contributed by atoms with van der Waals surface area (Å²) in [5.41, 5.74) is 1.20. The van der Waals surface area contributed by atoms with Crippen LogP contribution in [0.5, 0.6) is 0 Å². The van der Waals surface area contributed by atoms with Crippen molar-refractivity contribution in [3.05, 3.63) is 42.7 Å². The number of carbonyl (C=O) groups excluding carboxylic acids is 1. The molecular formula is C20H24N8O3S. The van der Waals surface area contributed by atoms with Crippen LogP contribution in [0.2, 0.25) is 0 Å². The first kappa shape index (κ1) is 21.7. The van der Waals surface area contributed by atoms with Crippen molar-refractivity contribution in [2.24, 2.45) is 7.05 Å². The molecule has 1 unspecified atom stereocenters. The lowest BCUT2D eigenvalue weighted by Crippen LogP contribution is -2.50. The van der Waals surface area contributed by atoms with Crippen LogP contribution >= 0.6 is 0 Å². The highest BCUT2D eigenvalue weighted by molar-refractivity contribution is 7.89. The first-order valence-electron chi connectivity index (χ1n) is 9.99. The minimum Gasteiger partial charge on any atom is -0.324 e. The van der Waals surface area contributed by atoms with Crippen LogP contribution in [0.3, 0.4) is 0 Å². The predicted molar refractivity (Wildman–Crippen MR) is 121 cm³/mol. The van der Waals surface area contributed by atoms with Crippen molar-refractivity contribution in [1.29, 1.82) is 0 Å². The highest BCUT2D eigenvalue weighted by atomic mass is 32.2. The monoisotopic (exact) mass is 456 g/mol. The van der Waals surface area contributed by atoms with Crippen molar-refractivity contribution in [2.75, 3.05) is 29.2 Å². The van der Waals surface area contributed by atoms with E-state index in [1.165, 1.54) is 19.2 Å². The number of benzene rings is 1. The topological polar surface area (TPSA) is 125 Å². The number of likely N-dealkylation sites (N-methyl/N-ethyl adjacent to an activating group) is 1. The van der Waals surface area contributed by atoms with Gasteiger partial charge in [-0.2, -0.15) is 10.1 Å². The van der Waals surface area contributed by atoms with Gasteiger partial charge in [0.1, 0.15) is 11.7 Å². The summed E-state index contributed by atoms with van der Waals surface area (Å²) in [4.78, 5) is 25.5. The molecule has 12 heteroatoms. The Balaban J connectivity index is 1.71. The molecule has 0 fully saturated rings. The summed E-state index contributed by atoms with van der Waals surface area (Å²) >= 11 is 0. The maximum atomic E-state index is 12.9. The van der Waals surface area contributed by atoms with Crippen molar-refractivity contribution >= 4 is 44.9 Å². The summed E-state index contributed by atoms with van der Waals surface area (Å²) in [5, 5.41) is 7.57. The smallest absolute Gasteiger partial charge is 0.250 e. The molecule has 1 atom stereocenters. The molecule has 1 aliphatic rings. The van der Waals surface area contributed by atoms with Crippen LogP contribution in [0.1, 0.15) is 13.3 Å². The van der Waals surface area contributed by atoms with Crippen molar-refractivity contribution in [2.45, 2.75) is 24.3 Å². The Morgan fingerprint density at radius 3 is 2.44 bits per heavy atom. The van der Waals surface area contributed by atoms with Gasteiger partial charge in [-0.1, -0.05) is 6.92 Å². The van der Waals surface area contributed by atoms with E-state index in [0.717, 1.165) is 0 Å². The van der Waals surface area contributed by atoms with Gasteiger partial charge in [0, 0.05) is 32.0 Å². The average molecular weight is 457 g/mol. The van der Waals surface area contributed by atoms with E-state index in [4.69, 9.17) is 0 Å². The third-order valence-corrected chi connectivity index (χ3v) is 6.72. The van der Waals surface area contributed by atoms with Crippen molar-refractivity contribution in [3.8, 4) is 0 Å². The maximum absolute atomic E-state index is 12.9. The molecule has 1 amide bonds. The number of aromatic nitrogens is 4. The number of sulfonamides is 1. The lowest BCUT2D eigenvalue weighted by Gasteiger charge is -2.39. The third-order valence-electron chi connectivity index (χ3n) is 5.29. The number of hydrogen-bond donors (Lipinski definition) is 2.